The van der Waals surface area contributed by atoms with Crippen molar-refractivity contribution in [2.24, 2.45) is 0 Å². The Morgan fingerprint density at radius 1 is 1.33 bits per heavy atom. The van der Waals surface area contributed by atoms with Crippen molar-refractivity contribution in [3.63, 3.8) is 0 Å². The Morgan fingerprint density at radius 2 is 2.00 bits per heavy atom. The molecule has 2 nitrogen and oxygen atoms in total. The van der Waals surface area contributed by atoms with E-state index in [4.69, 9.17) is 0 Å². The quantitative estimate of drug-likeness (QED) is 0.918. The first kappa shape index (κ1) is 10.8. The molecule has 0 spiro atoms. The summed E-state index contributed by atoms with van der Waals surface area (Å²) in [6.45, 7) is 1.92. The van der Waals surface area contributed by atoms with Crippen LogP contribution in [0.5, 0.6) is 0 Å². The Balaban J connectivity index is 2.28. The fourth-order valence-electron chi connectivity index (χ4n) is 1.29. The van der Waals surface area contributed by atoms with Crippen molar-refractivity contribution in [1.29, 1.82) is 0 Å². The molecule has 1 atom stereocenters. The number of aliphatic hydroxyl groups is 1. The van der Waals surface area contributed by atoms with Crippen LogP contribution in [0.1, 0.15) is 22.4 Å². The molecule has 15 heavy (non-hydrogen) atoms. The average Bonchev–Trinajstić information content (AvgIpc) is 2.65. The molecule has 0 saturated heterocycles. The summed E-state index contributed by atoms with van der Waals surface area (Å²) in [6, 6.07) is 7.62. The first-order valence-corrected chi connectivity index (χ1v) is 6.19. The van der Waals surface area contributed by atoms with Crippen molar-refractivity contribution in [2.45, 2.75) is 13.0 Å². The van der Waals surface area contributed by atoms with Gasteiger partial charge in [-0.15, -0.1) is 11.3 Å². The number of aliphatic hydroxyl groups excluding tert-OH is 1. The molecule has 0 radical (unpaired) electrons. The fourth-order valence-corrected chi connectivity index (χ4v) is 2.36. The molecule has 1 aromatic carbocycles. The Labute approximate surface area is 101 Å². The highest BCUT2D eigenvalue weighted by Gasteiger charge is 2.13. The molecule has 1 heterocycles. The van der Waals surface area contributed by atoms with Gasteiger partial charge in [0.25, 0.3) is 0 Å². The first-order chi connectivity index (χ1) is 7.16. The molecule has 78 valence electrons. The van der Waals surface area contributed by atoms with E-state index < -0.39 is 6.10 Å². The molecule has 2 rings (SSSR count). The van der Waals surface area contributed by atoms with E-state index in [1.54, 1.807) is 0 Å². The van der Waals surface area contributed by atoms with Gasteiger partial charge in [-0.1, -0.05) is 28.1 Å². The monoisotopic (exact) mass is 283 g/mol. The van der Waals surface area contributed by atoms with Crippen LogP contribution in [-0.2, 0) is 0 Å². The van der Waals surface area contributed by atoms with Crippen molar-refractivity contribution in [3.8, 4) is 0 Å². The van der Waals surface area contributed by atoms with Gasteiger partial charge in [0.1, 0.15) is 11.1 Å². The highest BCUT2D eigenvalue weighted by molar-refractivity contribution is 9.10. The van der Waals surface area contributed by atoms with E-state index in [1.807, 2.05) is 36.6 Å². The summed E-state index contributed by atoms with van der Waals surface area (Å²) in [5.74, 6) is 0. The normalized spacial score (nSPS) is 12.7. The van der Waals surface area contributed by atoms with E-state index in [9.17, 15) is 5.11 Å². The van der Waals surface area contributed by atoms with Crippen molar-refractivity contribution in [2.75, 3.05) is 0 Å². The minimum Gasteiger partial charge on any atom is -0.381 e. The summed E-state index contributed by atoms with van der Waals surface area (Å²) in [5, 5.41) is 12.7. The van der Waals surface area contributed by atoms with Crippen LogP contribution in [0.2, 0.25) is 0 Å². The van der Waals surface area contributed by atoms with E-state index in [1.165, 1.54) is 11.3 Å². The van der Waals surface area contributed by atoms with Gasteiger partial charge < -0.3 is 5.11 Å². The average molecular weight is 284 g/mol. The van der Waals surface area contributed by atoms with Gasteiger partial charge in [-0.3, -0.25) is 0 Å². The SMILES string of the molecule is Cc1csc(C(O)c2ccc(Br)cc2)n1. The van der Waals surface area contributed by atoms with Crippen LogP contribution >= 0.6 is 27.3 Å². The predicted molar refractivity (Wildman–Crippen MR) is 65.1 cm³/mol. The molecular formula is C11H10BrNOS. The van der Waals surface area contributed by atoms with Crippen LogP contribution in [0, 0.1) is 6.92 Å². The number of thiazole rings is 1. The molecule has 2 aromatic rings. The molecule has 0 fully saturated rings. The smallest absolute Gasteiger partial charge is 0.131 e. The molecule has 0 bridgehead atoms. The Kier molecular flexibility index (Phi) is 3.19. The zero-order valence-electron chi connectivity index (χ0n) is 8.14. The third kappa shape index (κ3) is 2.45. The summed E-state index contributed by atoms with van der Waals surface area (Å²) in [5.41, 5.74) is 1.82. The first-order valence-electron chi connectivity index (χ1n) is 4.52. The van der Waals surface area contributed by atoms with Crippen LogP contribution in [0.25, 0.3) is 0 Å². The summed E-state index contributed by atoms with van der Waals surface area (Å²) in [6.07, 6.45) is -0.614. The molecular weight excluding hydrogens is 274 g/mol. The summed E-state index contributed by atoms with van der Waals surface area (Å²) < 4.78 is 1.01. The van der Waals surface area contributed by atoms with E-state index in [0.717, 1.165) is 20.7 Å². The Hall–Kier alpha value is -0.710. The second-order valence-corrected chi connectivity index (χ2v) is 5.09. The standard InChI is InChI=1S/C11H10BrNOS/c1-7-6-15-11(13-7)10(14)8-2-4-9(12)5-3-8/h2-6,10,14H,1H3. The van der Waals surface area contributed by atoms with Crippen LogP contribution in [0.3, 0.4) is 0 Å². The number of nitrogens with zero attached hydrogens (tertiary/aromatic N) is 1. The lowest BCUT2D eigenvalue weighted by Crippen LogP contribution is -1.98. The van der Waals surface area contributed by atoms with Crippen molar-refractivity contribution >= 4 is 27.3 Å². The summed E-state index contributed by atoms with van der Waals surface area (Å²) in [4.78, 5) is 4.27. The molecule has 0 aliphatic carbocycles. The Bertz CT molecular complexity index is 452. The van der Waals surface area contributed by atoms with Crippen LogP contribution in [-0.4, -0.2) is 10.1 Å². The van der Waals surface area contributed by atoms with E-state index in [2.05, 4.69) is 20.9 Å². The maximum Gasteiger partial charge on any atom is 0.131 e. The van der Waals surface area contributed by atoms with Gasteiger partial charge >= 0.3 is 0 Å². The number of aromatic nitrogens is 1. The minimum atomic E-state index is -0.614. The second-order valence-electron chi connectivity index (χ2n) is 3.28. The minimum absolute atomic E-state index is 0.614. The summed E-state index contributed by atoms with van der Waals surface area (Å²) in [7, 11) is 0. The van der Waals surface area contributed by atoms with Gasteiger partial charge in [0.05, 0.1) is 0 Å². The molecule has 1 N–H and O–H groups in total. The third-order valence-electron chi connectivity index (χ3n) is 2.06. The zero-order chi connectivity index (χ0) is 10.8. The topological polar surface area (TPSA) is 33.1 Å². The maximum absolute atomic E-state index is 10.0. The second kappa shape index (κ2) is 4.43. The van der Waals surface area contributed by atoms with E-state index >= 15 is 0 Å². The molecule has 1 aromatic heterocycles. The van der Waals surface area contributed by atoms with Crippen molar-refractivity contribution in [3.05, 3.63) is 50.4 Å². The van der Waals surface area contributed by atoms with Crippen LogP contribution in [0.15, 0.2) is 34.1 Å². The number of hydrogen-bond acceptors (Lipinski definition) is 3. The van der Waals surface area contributed by atoms with Gasteiger partial charge in [0.15, 0.2) is 0 Å². The number of aryl methyl sites for hydroxylation is 1. The third-order valence-corrected chi connectivity index (χ3v) is 3.60. The van der Waals surface area contributed by atoms with Crippen LogP contribution < -0.4 is 0 Å². The summed E-state index contributed by atoms with van der Waals surface area (Å²) >= 11 is 4.84. The van der Waals surface area contributed by atoms with E-state index in [-0.39, 0.29) is 0 Å². The van der Waals surface area contributed by atoms with Gasteiger partial charge in [0, 0.05) is 15.5 Å². The van der Waals surface area contributed by atoms with Crippen molar-refractivity contribution < 1.29 is 5.11 Å². The maximum atomic E-state index is 10.0. The molecule has 0 aliphatic heterocycles. The highest BCUT2D eigenvalue weighted by Crippen LogP contribution is 2.25. The zero-order valence-corrected chi connectivity index (χ0v) is 10.5. The lowest BCUT2D eigenvalue weighted by atomic mass is 10.1. The molecule has 1 unspecified atom stereocenters. The van der Waals surface area contributed by atoms with E-state index in [0.29, 0.717) is 0 Å². The molecule has 4 heteroatoms. The Morgan fingerprint density at radius 3 is 2.53 bits per heavy atom. The van der Waals surface area contributed by atoms with Gasteiger partial charge in [0.2, 0.25) is 0 Å². The predicted octanol–water partition coefficient (Wildman–Crippen LogP) is 3.30. The lowest BCUT2D eigenvalue weighted by Gasteiger charge is -2.07. The number of hydrogen-bond donors (Lipinski definition) is 1. The van der Waals surface area contributed by atoms with Gasteiger partial charge in [-0.25, -0.2) is 4.98 Å². The fraction of sp³-hybridized carbons (Fsp3) is 0.182. The molecule has 0 amide bonds. The van der Waals surface area contributed by atoms with Crippen molar-refractivity contribution in [1.82, 2.24) is 4.98 Å². The van der Waals surface area contributed by atoms with Crippen LogP contribution in [0.4, 0.5) is 0 Å². The highest BCUT2D eigenvalue weighted by atomic mass is 79.9. The molecule has 0 aliphatic rings. The largest absolute Gasteiger partial charge is 0.381 e. The molecule has 0 saturated carbocycles. The number of halogens is 1. The number of benzene rings is 1. The number of rotatable bonds is 2. The lowest BCUT2D eigenvalue weighted by molar-refractivity contribution is 0.219. The van der Waals surface area contributed by atoms with Gasteiger partial charge in [-0.05, 0) is 24.6 Å². The van der Waals surface area contributed by atoms with Gasteiger partial charge in [-0.2, -0.15) is 0 Å².